The minimum absolute atomic E-state index is 0.0143. The van der Waals surface area contributed by atoms with Crippen LogP contribution in [0.15, 0.2) is 112 Å². The van der Waals surface area contributed by atoms with Crippen LogP contribution in [0.3, 0.4) is 0 Å². The van der Waals surface area contributed by atoms with Crippen molar-refractivity contribution in [2.45, 2.75) is 110 Å². The second-order valence-corrected chi connectivity index (χ2v) is 34.4. The number of pyridine rings is 2. The van der Waals surface area contributed by atoms with Crippen LogP contribution >= 0.6 is 34.0 Å². The van der Waals surface area contributed by atoms with Gasteiger partial charge in [-0.2, -0.15) is 4.73 Å². The van der Waals surface area contributed by atoms with Gasteiger partial charge in [0.25, 0.3) is 65.0 Å². The number of anilines is 3. The molecule has 724 valence electrons. The van der Waals surface area contributed by atoms with Crippen LogP contribution in [0, 0.1) is 20.8 Å². The van der Waals surface area contributed by atoms with Gasteiger partial charge in [0.1, 0.15) is 41.0 Å². The first-order chi connectivity index (χ1) is 64.2. The molecule has 1 aromatic carbocycles. The van der Waals surface area contributed by atoms with E-state index in [1.165, 1.54) is 104 Å². The third-order valence-electron chi connectivity index (χ3n) is 20.7. The van der Waals surface area contributed by atoms with E-state index in [0.717, 1.165) is 66.2 Å². The van der Waals surface area contributed by atoms with Crippen molar-refractivity contribution < 1.29 is 142 Å². The predicted molar refractivity (Wildman–Crippen MR) is 465 cm³/mol. The highest BCUT2D eigenvalue weighted by Gasteiger charge is 2.54. The van der Waals surface area contributed by atoms with Gasteiger partial charge in [-0.05, 0) is 80.0 Å². The van der Waals surface area contributed by atoms with Crippen molar-refractivity contribution in [2.75, 3.05) is 76.1 Å². The van der Waals surface area contributed by atoms with Crippen LogP contribution in [0.1, 0.15) is 107 Å². The number of nitrogen functional groups attached to an aromatic ring is 3. The lowest BCUT2D eigenvalue weighted by atomic mass is 10.1. The summed E-state index contributed by atoms with van der Waals surface area (Å²) in [5.74, 6) is -19.3. The van der Waals surface area contributed by atoms with E-state index >= 15 is 0 Å². The first kappa shape index (κ1) is 101. The number of carboxylic acids is 6. The summed E-state index contributed by atoms with van der Waals surface area (Å²) in [5.41, 5.74) is 8.16. The van der Waals surface area contributed by atoms with Crippen molar-refractivity contribution in [3.63, 3.8) is 0 Å². The summed E-state index contributed by atoms with van der Waals surface area (Å²) >= 11 is 2.89. The molecule has 0 unspecified atom stereocenters. The number of thiazole rings is 3. The molecule has 13 rings (SSSR count). The zero-order chi connectivity index (χ0) is 101. The molecule has 0 radical (unpaired) electrons. The van der Waals surface area contributed by atoms with Gasteiger partial charge in [0.2, 0.25) is 22.7 Å². The van der Waals surface area contributed by atoms with Crippen molar-refractivity contribution >= 4 is 173 Å². The molecular weight excluding hydrogens is 1880 g/mol. The van der Waals surface area contributed by atoms with E-state index in [1.54, 1.807) is 13.8 Å². The number of carbonyl (C=O) groups is 18. The van der Waals surface area contributed by atoms with Crippen molar-refractivity contribution in [3.8, 4) is 5.75 Å². The molecule has 3 atom stereocenters. The van der Waals surface area contributed by atoms with Gasteiger partial charge >= 0.3 is 35.8 Å². The van der Waals surface area contributed by atoms with Crippen LogP contribution < -0.4 is 65.3 Å². The fourth-order valence-corrected chi connectivity index (χ4v) is 14.8. The molecule has 7 aliphatic heterocycles. The molecule has 3 saturated heterocycles. The largest absolute Gasteiger partial charge is 0.508 e. The number of oxime groups is 3. The van der Waals surface area contributed by atoms with Gasteiger partial charge in [0, 0.05) is 84.0 Å². The zero-order valence-corrected chi connectivity index (χ0v) is 75.3. The third kappa shape index (κ3) is 22.1. The summed E-state index contributed by atoms with van der Waals surface area (Å²) in [6.45, 7) is 8.75. The molecule has 56 nitrogen and oxygen atoms in total. The Morgan fingerprint density at radius 3 is 1.21 bits per heavy atom. The highest BCUT2D eigenvalue weighted by Crippen LogP contribution is 2.35. The first-order valence-corrected chi connectivity index (χ1v) is 42.5. The molecule has 6 aromatic rings. The van der Waals surface area contributed by atoms with Crippen LogP contribution in [0.4, 0.5) is 15.4 Å². The number of imide groups is 1. The van der Waals surface area contributed by atoms with Gasteiger partial charge in [-0.1, -0.05) is 15.5 Å². The van der Waals surface area contributed by atoms with E-state index in [1.807, 2.05) is 0 Å². The molecule has 0 spiro atoms. The Hall–Kier alpha value is -16.8. The Morgan fingerprint density at radius 1 is 0.489 bits per heavy atom. The number of H-pyrrole nitrogens is 1. The number of phenolic OH excluding ortho intramolecular Hbond substituents is 1. The Kier molecular flexibility index (Phi) is 29.6. The molecular formula is C78H83N25O31S3. The quantitative estimate of drug-likeness (QED) is 0.00791. The van der Waals surface area contributed by atoms with Crippen molar-refractivity contribution in [3.05, 3.63) is 163 Å². The molecule has 5 aromatic heterocycles. The number of nitrogens with one attached hydrogen (secondary N) is 8. The van der Waals surface area contributed by atoms with E-state index in [-0.39, 0.29) is 154 Å². The summed E-state index contributed by atoms with van der Waals surface area (Å²) in [5, 5.41) is 116. The standard InChI is InChI=1S/C28H28N8O11S.C26H29N9O10S.C24H26N8O10S/c1-11-6-12-13(7-17(11)37)23(41)35(22(12)40)5-4-30-20(38)14-8-34-9-15(24(42)36(34)19(14)25(43)44)31-21(39)18(16-10-48-27(29)32-16)33-47-28(2,3)26(45)46;1-11-5-28-12(4-16(11)36)6-29-17(37)7-30-20(38)13-8-34-9-14(22(40)35(34)19(13)23(41)42)31-21(39)18(15-10-46-25(27)32-15)33-45-26(2,3)24(43)44;1-10-6-31(41)11(4-15(10)33)5-26-18(34)12-7-30-8-13(20(36)32(30)17(12)21(37)38)27-19(35)16(14-9-43-23(25)28-14)29-42-24(2,3)22(39)40/h6-7,10,15,37H,4-5,8-9H2,1-3H3,(H2,29,32)(H,30,38)(H,31,39)(H,43,44)(H,45,46);4-5,10,14H,6-9H2,1-3H3,(H2,27,32)(H,28,36)(H,29,37)(H,30,38)(H,31,39)(H,41,42)(H,43,44);4,6,9,13,41H,5,7-8H2,1-3H3,(H2,25,28)(H,26,34)(H,27,35)(H,37,38)(H,39,40)/b2*33-18-;29-16-/t15-;14-;13-/m000/s1. The maximum Gasteiger partial charge on any atom is 0.354 e. The highest BCUT2D eigenvalue weighted by atomic mass is 32.1. The number of phenols is 1. The van der Waals surface area contributed by atoms with Crippen molar-refractivity contribution in [1.29, 1.82) is 0 Å². The van der Waals surface area contributed by atoms with E-state index in [9.17, 15) is 137 Å². The van der Waals surface area contributed by atoms with Crippen LogP contribution in [-0.4, -0.2) is 318 Å². The monoisotopic (exact) mass is 1960 g/mol. The summed E-state index contributed by atoms with van der Waals surface area (Å²) in [4.78, 5) is 281. The number of nitrogens with zero attached hydrogens (tertiary/aromatic N) is 14. The molecule has 0 bridgehead atoms. The number of fused-ring (bicyclic) bond motifs is 4. The van der Waals surface area contributed by atoms with E-state index in [4.69, 9.17) is 31.7 Å². The minimum Gasteiger partial charge on any atom is -0.508 e. The normalized spacial score (nSPS) is 17.3. The highest BCUT2D eigenvalue weighted by molar-refractivity contribution is 7.14. The number of carboxylic acid groups (broad SMARTS) is 6. The number of hydrogen-bond donors (Lipinski definition) is 19. The fraction of sp³-hybridized carbons (Fsp3) is 0.333. The number of aromatic nitrogens is 5. The number of carbonyl (C=O) groups excluding carboxylic acids is 12. The molecule has 12 heterocycles. The average molecular weight is 1960 g/mol. The van der Waals surface area contributed by atoms with Gasteiger partial charge in [-0.25, -0.2) is 73.8 Å². The minimum atomic E-state index is -1.84. The third-order valence-corrected chi connectivity index (χ3v) is 22.7. The maximum absolute atomic E-state index is 13.3. The van der Waals surface area contributed by atoms with Gasteiger partial charge in [0.15, 0.2) is 60.5 Å². The van der Waals surface area contributed by atoms with Crippen molar-refractivity contribution in [1.82, 2.24) is 96.8 Å². The Labute approximate surface area is 779 Å². The number of aryl methyl sites for hydroxylation is 3. The molecule has 22 N–H and O–H groups in total. The lowest BCUT2D eigenvalue weighted by molar-refractivity contribution is -0.161. The number of aromatic amines is 1. The lowest BCUT2D eigenvalue weighted by Gasteiger charge is -2.19. The maximum atomic E-state index is 13.3. The molecule has 12 amide bonds. The van der Waals surface area contributed by atoms with E-state index in [2.05, 4.69) is 72.6 Å². The topological polar surface area (TPSA) is 812 Å². The number of rotatable bonds is 33. The molecule has 0 aliphatic carbocycles. The number of amides is 12. The number of benzene rings is 1. The number of hydrazine groups is 3. The molecule has 3 fully saturated rings. The molecule has 0 saturated carbocycles. The smallest absolute Gasteiger partial charge is 0.354 e. The summed E-state index contributed by atoms with van der Waals surface area (Å²) in [6, 6.07) is 1.09. The second-order valence-electron chi connectivity index (χ2n) is 31.7. The van der Waals surface area contributed by atoms with E-state index in [0.29, 0.717) is 21.6 Å². The van der Waals surface area contributed by atoms with Crippen LogP contribution in [0.5, 0.6) is 5.75 Å². The predicted octanol–water partition coefficient (Wildman–Crippen LogP) is -5.50. The van der Waals surface area contributed by atoms with E-state index < -0.39 is 182 Å². The SMILES string of the molecule is Cc1c[nH]c(CNC(=O)CNC(=O)C2=C(C(=O)O)N3C(=O)[C@@H](NC(=O)/C(=N\OC(C)(C)C(=O)O)c4csc(N)n4)CN3C2)cc1=O.Cc1cc2c(cc1O)C(=O)N(CCNC(=O)C1=C(C(=O)O)N3C(=O)[C@@H](NC(=O)/C(=N\OC(C)(C)C(=O)O)c4csc(N)n4)CN3C1)C2=O.Cc1cn(O)c(CNC(=O)C2=C(C(=O)O)N3C(=O)[C@@H](NC(=O)/C(=N\OC(C)(C)C(=O)O)c4csc(N)n4)CN3C2)cc1=O. The lowest BCUT2D eigenvalue weighted by Crippen LogP contribution is -2.46. The Balaban J connectivity index is 0.000000197. The van der Waals surface area contributed by atoms with Crippen LogP contribution in [0.2, 0.25) is 0 Å². The zero-order valence-electron chi connectivity index (χ0n) is 72.9. The van der Waals surface area contributed by atoms with Gasteiger partial charge in [-0.3, -0.25) is 72.0 Å². The second kappa shape index (κ2) is 40.3. The average Bonchev–Trinajstić information content (AvgIpc) is 1.60. The fourth-order valence-electron chi connectivity index (χ4n) is 13.2. The van der Waals surface area contributed by atoms with Crippen LogP contribution in [0.25, 0.3) is 0 Å². The van der Waals surface area contributed by atoms with Crippen molar-refractivity contribution in [2.24, 2.45) is 15.5 Å². The van der Waals surface area contributed by atoms with Gasteiger partial charge in [-0.15, -0.1) is 34.0 Å². The first-order valence-electron chi connectivity index (χ1n) is 39.8. The molecule has 59 heteroatoms. The summed E-state index contributed by atoms with van der Waals surface area (Å²) in [7, 11) is 0. The number of aromatic hydroxyl groups is 1. The number of hydrogen-bond acceptors (Lipinski definition) is 40. The molecule has 137 heavy (non-hydrogen) atoms. The van der Waals surface area contributed by atoms with Crippen LogP contribution in [-0.2, 0) is 104 Å². The van der Waals surface area contributed by atoms with Gasteiger partial charge < -0.3 is 115 Å². The Bertz CT molecular complexity index is 6430. The van der Waals surface area contributed by atoms with Gasteiger partial charge in [0.05, 0.1) is 79.0 Å². The Morgan fingerprint density at radius 2 is 0.854 bits per heavy atom. The number of nitrogens with two attached hydrogens (primary N) is 3. The molecule has 7 aliphatic rings. The summed E-state index contributed by atoms with van der Waals surface area (Å²) in [6.07, 6.45) is 2.65. The number of aliphatic carboxylic acids is 6. The summed E-state index contributed by atoms with van der Waals surface area (Å²) < 4.78 is 0.655.